The van der Waals surface area contributed by atoms with Crippen LogP contribution in [0.3, 0.4) is 0 Å². The van der Waals surface area contributed by atoms with Gasteiger partial charge in [-0.05, 0) is 27.7 Å². The molecule has 1 fully saturated rings. The maximum atomic E-state index is 4.26. The van der Waals surface area contributed by atoms with E-state index in [-0.39, 0.29) is 4.75 Å². The number of rotatable bonds is 2. The lowest BCUT2D eigenvalue weighted by atomic mass is 10.1. The van der Waals surface area contributed by atoms with Crippen molar-refractivity contribution >= 4 is 11.8 Å². The Morgan fingerprint density at radius 1 is 1.54 bits per heavy atom. The summed E-state index contributed by atoms with van der Waals surface area (Å²) >= 11 is 1.95. The zero-order valence-corrected chi connectivity index (χ0v) is 9.35. The van der Waals surface area contributed by atoms with Crippen molar-refractivity contribution in [3.05, 3.63) is 11.4 Å². The number of nitrogens with zero attached hydrogens (tertiary/aromatic N) is 3. The fraction of sp³-hybridized carbons (Fsp3) is 0.778. The molecule has 1 unspecified atom stereocenters. The van der Waals surface area contributed by atoms with E-state index in [0.717, 1.165) is 0 Å². The molecule has 72 valence electrons. The quantitative estimate of drug-likeness (QED) is 0.680. The van der Waals surface area contributed by atoms with Crippen LogP contribution in [0.2, 0.25) is 0 Å². The van der Waals surface area contributed by atoms with Crippen molar-refractivity contribution in [2.45, 2.75) is 38.5 Å². The van der Waals surface area contributed by atoms with Crippen molar-refractivity contribution in [1.29, 1.82) is 0 Å². The first-order valence-corrected chi connectivity index (χ1v) is 5.59. The Morgan fingerprint density at radius 2 is 2.15 bits per heavy atom. The van der Waals surface area contributed by atoms with Gasteiger partial charge in [-0.25, -0.2) is 4.68 Å². The summed E-state index contributed by atoms with van der Waals surface area (Å²) in [4.78, 5) is 0. The van der Waals surface area contributed by atoms with Crippen LogP contribution in [0.4, 0.5) is 0 Å². The Balaban J connectivity index is 2.39. The minimum absolute atomic E-state index is 0.261. The average molecular weight is 197 g/mol. The van der Waals surface area contributed by atoms with Crippen LogP contribution in [-0.4, -0.2) is 20.7 Å². The molecule has 1 aromatic rings. The molecular weight excluding hydrogens is 182 g/mol. The van der Waals surface area contributed by atoms with Gasteiger partial charge in [0, 0.05) is 11.8 Å². The van der Waals surface area contributed by atoms with Crippen LogP contribution in [0.1, 0.15) is 38.2 Å². The Morgan fingerprint density at radius 3 is 2.54 bits per heavy atom. The van der Waals surface area contributed by atoms with Gasteiger partial charge in [0.05, 0.1) is 10.4 Å². The molecule has 0 N–H and O–H groups in total. The van der Waals surface area contributed by atoms with Gasteiger partial charge in [-0.15, -0.1) is 16.9 Å². The summed E-state index contributed by atoms with van der Waals surface area (Å²) in [7, 11) is 0. The molecule has 13 heavy (non-hydrogen) atoms. The van der Waals surface area contributed by atoms with Gasteiger partial charge in [0.1, 0.15) is 5.69 Å². The topological polar surface area (TPSA) is 30.7 Å². The molecule has 1 aromatic heterocycles. The fourth-order valence-electron chi connectivity index (χ4n) is 1.56. The molecule has 2 heterocycles. The maximum Gasteiger partial charge on any atom is 0.102 e. The number of aromatic nitrogens is 3. The average Bonchev–Trinajstić information content (AvgIpc) is 2.63. The van der Waals surface area contributed by atoms with Crippen LogP contribution in [0, 0.1) is 6.92 Å². The van der Waals surface area contributed by atoms with Crippen molar-refractivity contribution < 1.29 is 0 Å². The Bertz CT molecular complexity index is 326. The highest BCUT2D eigenvalue weighted by Gasteiger charge is 2.44. The zero-order valence-electron chi connectivity index (χ0n) is 8.53. The first kappa shape index (κ1) is 9.06. The summed E-state index contributed by atoms with van der Waals surface area (Å²) in [6, 6.07) is 0.411. The van der Waals surface area contributed by atoms with Gasteiger partial charge in [0.2, 0.25) is 0 Å². The zero-order chi connectivity index (χ0) is 9.64. The van der Waals surface area contributed by atoms with Gasteiger partial charge in [0.15, 0.2) is 0 Å². The third-order valence-corrected chi connectivity index (χ3v) is 3.84. The van der Waals surface area contributed by atoms with E-state index in [9.17, 15) is 0 Å². The lowest BCUT2D eigenvalue weighted by Crippen LogP contribution is -2.07. The first-order valence-electron chi connectivity index (χ1n) is 4.61. The summed E-state index contributed by atoms with van der Waals surface area (Å²) in [5.41, 5.74) is 2.40. The molecule has 0 bridgehead atoms. The molecule has 0 saturated carbocycles. The molecule has 0 spiro atoms. The standard InChI is InChI=1S/C9H15N3S/c1-6(2)12-7(3)8(10-11-12)9(4)5-13-9/h6H,5H2,1-4H3. The molecule has 3 nitrogen and oxygen atoms in total. The monoisotopic (exact) mass is 197 g/mol. The minimum Gasteiger partial charge on any atom is -0.247 e. The van der Waals surface area contributed by atoms with E-state index in [0.29, 0.717) is 6.04 Å². The van der Waals surface area contributed by atoms with Gasteiger partial charge >= 0.3 is 0 Å². The number of thioether (sulfide) groups is 1. The fourth-order valence-corrected chi connectivity index (χ4v) is 2.24. The molecule has 0 radical (unpaired) electrons. The predicted molar refractivity (Wildman–Crippen MR) is 55.0 cm³/mol. The third kappa shape index (κ3) is 1.37. The number of hydrogen-bond acceptors (Lipinski definition) is 3. The molecule has 0 aromatic carbocycles. The molecule has 1 aliphatic heterocycles. The Kier molecular flexibility index (Phi) is 1.91. The van der Waals surface area contributed by atoms with Crippen LogP contribution >= 0.6 is 11.8 Å². The largest absolute Gasteiger partial charge is 0.247 e. The van der Waals surface area contributed by atoms with E-state index in [1.807, 2.05) is 16.4 Å². The normalized spacial score (nSPS) is 26.8. The Hall–Kier alpha value is -0.510. The van der Waals surface area contributed by atoms with E-state index >= 15 is 0 Å². The molecule has 0 amide bonds. The van der Waals surface area contributed by atoms with Crippen LogP contribution in [0.25, 0.3) is 0 Å². The highest BCUT2D eigenvalue weighted by molar-refractivity contribution is 8.07. The lowest BCUT2D eigenvalue weighted by molar-refractivity contribution is 0.502. The molecule has 1 saturated heterocycles. The second kappa shape index (κ2) is 2.74. The van der Waals surface area contributed by atoms with Gasteiger partial charge in [-0.2, -0.15) is 0 Å². The first-order chi connectivity index (χ1) is 6.04. The summed E-state index contributed by atoms with van der Waals surface area (Å²) in [5.74, 6) is 1.19. The van der Waals surface area contributed by atoms with Crippen molar-refractivity contribution in [1.82, 2.24) is 15.0 Å². The third-order valence-electron chi connectivity index (χ3n) is 2.49. The maximum absolute atomic E-state index is 4.26. The Labute approximate surface area is 82.9 Å². The van der Waals surface area contributed by atoms with Gasteiger partial charge in [0.25, 0.3) is 0 Å². The van der Waals surface area contributed by atoms with Crippen LogP contribution in [0.15, 0.2) is 0 Å². The SMILES string of the molecule is Cc1c(C2(C)CS2)nnn1C(C)C. The van der Waals surface area contributed by atoms with Crippen LogP contribution in [0.5, 0.6) is 0 Å². The minimum atomic E-state index is 0.261. The summed E-state index contributed by atoms with van der Waals surface area (Å²) < 4.78 is 2.26. The van der Waals surface area contributed by atoms with Crippen LogP contribution < -0.4 is 0 Å². The highest BCUT2D eigenvalue weighted by Crippen LogP contribution is 2.53. The van der Waals surface area contributed by atoms with Gasteiger partial charge < -0.3 is 0 Å². The molecule has 0 aliphatic carbocycles. The lowest BCUT2D eigenvalue weighted by Gasteiger charge is -2.08. The second-order valence-electron chi connectivity index (χ2n) is 4.08. The van der Waals surface area contributed by atoms with Crippen LogP contribution in [-0.2, 0) is 4.75 Å². The molecular formula is C9H15N3S. The van der Waals surface area contributed by atoms with E-state index in [4.69, 9.17) is 0 Å². The summed E-state index contributed by atoms with van der Waals surface area (Å²) in [5, 5.41) is 8.44. The van der Waals surface area contributed by atoms with Crippen molar-refractivity contribution in [2.24, 2.45) is 0 Å². The highest BCUT2D eigenvalue weighted by atomic mass is 32.2. The summed E-state index contributed by atoms with van der Waals surface area (Å²) in [6.45, 7) is 8.61. The second-order valence-corrected chi connectivity index (χ2v) is 5.56. The molecule has 1 aliphatic rings. The van der Waals surface area contributed by atoms with E-state index in [1.165, 1.54) is 17.1 Å². The number of hydrogen-bond donors (Lipinski definition) is 0. The molecule has 1 atom stereocenters. The van der Waals surface area contributed by atoms with Crippen molar-refractivity contribution in [2.75, 3.05) is 5.75 Å². The molecule has 4 heteroatoms. The predicted octanol–water partition coefficient (Wildman–Crippen LogP) is 2.13. The summed E-state index contributed by atoms with van der Waals surface area (Å²) in [6.07, 6.45) is 0. The smallest absolute Gasteiger partial charge is 0.102 e. The van der Waals surface area contributed by atoms with Gasteiger partial charge in [-0.1, -0.05) is 5.21 Å². The molecule has 2 rings (SSSR count). The van der Waals surface area contributed by atoms with E-state index in [1.54, 1.807) is 0 Å². The van der Waals surface area contributed by atoms with Crippen molar-refractivity contribution in [3.63, 3.8) is 0 Å². The van der Waals surface area contributed by atoms with Gasteiger partial charge in [-0.3, -0.25) is 0 Å². The van der Waals surface area contributed by atoms with Crippen molar-refractivity contribution in [3.8, 4) is 0 Å². The van der Waals surface area contributed by atoms with E-state index < -0.39 is 0 Å². The van der Waals surface area contributed by atoms with E-state index in [2.05, 4.69) is 38.0 Å².